The van der Waals surface area contributed by atoms with E-state index in [1.165, 1.54) is 36.8 Å². The minimum Gasteiger partial charge on any atom is -0.332 e. The Morgan fingerprint density at radius 3 is 2.46 bits per heavy atom. The number of alkyl halides is 3. The summed E-state index contributed by atoms with van der Waals surface area (Å²) >= 11 is 12.0. The lowest BCUT2D eigenvalue weighted by Crippen LogP contribution is -2.19. The van der Waals surface area contributed by atoms with Crippen LogP contribution in [0.1, 0.15) is 27.5 Å². The monoisotopic (exact) mass is 517 g/mol. The fourth-order valence-corrected chi connectivity index (χ4v) is 4.04. The summed E-state index contributed by atoms with van der Waals surface area (Å²) in [6.07, 6.45) is -2.23. The molecule has 0 bridgehead atoms. The number of nitrogens with zero attached hydrogens (tertiary/aromatic N) is 5. The molecule has 0 radical (unpaired) electrons. The number of halogens is 5. The molecule has 0 saturated heterocycles. The summed E-state index contributed by atoms with van der Waals surface area (Å²) in [5.74, 6) is -1.77. The van der Waals surface area contributed by atoms with Gasteiger partial charge in [0.25, 0.3) is 11.7 Å². The van der Waals surface area contributed by atoms with Crippen LogP contribution < -0.4 is 0 Å². The number of carbonyl (C=O) groups is 1. The van der Waals surface area contributed by atoms with E-state index in [0.717, 1.165) is 4.57 Å². The smallest absolute Gasteiger partial charge is 0.332 e. The number of fused-ring (bicyclic) bond motifs is 1. The Bertz CT molecular complexity index is 1550. The van der Waals surface area contributed by atoms with E-state index < -0.39 is 29.1 Å². The van der Waals surface area contributed by atoms with Gasteiger partial charge in [0.2, 0.25) is 5.82 Å². The molecule has 0 fully saturated rings. The average Bonchev–Trinajstić information content (AvgIpc) is 3.44. The molecule has 0 atom stereocenters. The molecule has 0 unspecified atom stereocenters. The molecule has 35 heavy (non-hydrogen) atoms. The van der Waals surface area contributed by atoms with Crippen LogP contribution in [-0.2, 0) is 12.7 Å². The number of ketones is 1. The summed E-state index contributed by atoms with van der Waals surface area (Å²) in [7, 11) is 0. The van der Waals surface area contributed by atoms with E-state index >= 15 is 0 Å². The standard InChI is InChI=1S/C23H12Cl2F3N5O2/c24-13-3-1-12(2-4-13)10-33-17-6-5-14(25)9-15(17)18(20(33)23(26,27)28)19(34)22-31-21(32-35-22)16-7-8-29-11-30-16/h1-9,11H,10H2. The van der Waals surface area contributed by atoms with Crippen LogP contribution in [0.4, 0.5) is 13.2 Å². The van der Waals surface area contributed by atoms with Crippen molar-refractivity contribution in [1.29, 1.82) is 0 Å². The van der Waals surface area contributed by atoms with Crippen LogP contribution >= 0.6 is 23.2 Å². The average molecular weight is 518 g/mol. The fourth-order valence-electron chi connectivity index (χ4n) is 3.74. The maximum Gasteiger partial charge on any atom is 0.432 e. The third-order valence-electron chi connectivity index (χ3n) is 5.21. The van der Waals surface area contributed by atoms with Crippen LogP contribution in [0.25, 0.3) is 22.4 Å². The van der Waals surface area contributed by atoms with Crippen molar-refractivity contribution in [3.63, 3.8) is 0 Å². The predicted octanol–water partition coefficient (Wildman–Crippen LogP) is 6.09. The molecule has 0 aliphatic carbocycles. The highest BCUT2D eigenvalue weighted by Crippen LogP contribution is 2.40. The van der Waals surface area contributed by atoms with Crippen LogP contribution in [0, 0.1) is 0 Å². The Balaban J connectivity index is 1.70. The van der Waals surface area contributed by atoms with Gasteiger partial charge < -0.3 is 9.09 Å². The summed E-state index contributed by atoms with van der Waals surface area (Å²) in [5, 5.41) is 4.29. The third-order valence-corrected chi connectivity index (χ3v) is 5.69. The summed E-state index contributed by atoms with van der Waals surface area (Å²) in [4.78, 5) is 25.1. The molecule has 2 aromatic carbocycles. The molecule has 5 rings (SSSR count). The second-order valence-electron chi connectivity index (χ2n) is 7.44. The Hall–Kier alpha value is -3.76. The number of hydrogen-bond donors (Lipinski definition) is 0. The fraction of sp³-hybridized carbons (Fsp3) is 0.0870. The largest absolute Gasteiger partial charge is 0.432 e. The minimum absolute atomic E-state index is 0.00516. The van der Waals surface area contributed by atoms with Crippen LogP contribution in [0.2, 0.25) is 10.0 Å². The molecule has 0 spiro atoms. The maximum atomic E-state index is 14.4. The van der Waals surface area contributed by atoms with Gasteiger partial charge in [-0.15, -0.1) is 0 Å². The number of hydrogen-bond acceptors (Lipinski definition) is 6. The molecule has 5 aromatic rings. The summed E-state index contributed by atoms with van der Waals surface area (Å²) in [6, 6.07) is 12.0. The van der Waals surface area contributed by atoms with E-state index in [9.17, 15) is 18.0 Å². The van der Waals surface area contributed by atoms with Gasteiger partial charge in [-0.1, -0.05) is 40.5 Å². The molecular weight excluding hydrogens is 506 g/mol. The van der Waals surface area contributed by atoms with Crippen LogP contribution in [-0.4, -0.2) is 30.5 Å². The Morgan fingerprint density at radius 1 is 1.03 bits per heavy atom. The van der Waals surface area contributed by atoms with Crippen LogP contribution in [0.5, 0.6) is 0 Å². The first-order valence-corrected chi connectivity index (χ1v) is 10.8. The Kier molecular flexibility index (Phi) is 5.78. The van der Waals surface area contributed by atoms with Gasteiger partial charge in [0.05, 0.1) is 5.56 Å². The molecule has 12 heteroatoms. The van der Waals surface area contributed by atoms with Crippen molar-refractivity contribution in [2.75, 3.05) is 0 Å². The minimum atomic E-state index is -4.89. The number of carbonyl (C=O) groups excluding carboxylic acids is 1. The number of benzene rings is 2. The number of aromatic nitrogens is 5. The van der Waals surface area contributed by atoms with Gasteiger partial charge in [0.1, 0.15) is 17.7 Å². The molecule has 3 aromatic heterocycles. The van der Waals surface area contributed by atoms with Gasteiger partial charge in [-0.2, -0.15) is 18.2 Å². The van der Waals surface area contributed by atoms with E-state index in [1.54, 1.807) is 24.3 Å². The first-order valence-electron chi connectivity index (χ1n) is 10.0. The van der Waals surface area contributed by atoms with E-state index in [0.29, 0.717) is 10.6 Å². The SMILES string of the molecule is O=C(c1nc(-c2ccncn2)no1)c1c(C(F)(F)F)n(Cc2ccc(Cl)cc2)c2ccc(Cl)cc12. The second kappa shape index (κ2) is 8.79. The molecule has 0 N–H and O–H groups in total. The van der Waals surface area contributed by atoms with Gasteiger partial charge in [0.15, 0.2) is 0 Å². The van der Waals surface area contributed by atoms with Gasteiger partial charge >= 0.3 is 6.18 Å². The van der Waals surface area contributed by atoms with E-state index in [1.807, 2.05) is 0 Å². The normalized spacial score (nSPS) is 11.8. The lowest BCUT2D eigenvalue weighted by atomic mass is 10.1. The zero-order chi connectivity index (χ0) is 24.7. The predicted molar refractivity (Wildman–Crippen MR) is 121 cm³/mol. The van der Waals surface area contributed by atoms with Crippen molar-refractivity contribution in [3.05, 3.63) is 93.8 Å². The molecule has 0 aliphatic rings. The van der Waals surface area contributed by atoms with Crippen molar-refractivity contribution in [1.82, 2.24) is 24.7 Å². The molecule has 0 saturated carbocycles. The highest BCUT2D eigenvalue weighted by molar-refractivity contribution is 6.32. The van der Waals surface area contributed by atoms with Gasteiger partial charge in [-0.25, -0.2) is 9.97 Å². The highest BCUT2D eigenvalue weighted by atomic mass is 35.5. The van der Waals surface area contributed by atoms with E-state index in [-0.39, 0.29) is 34.0 Å². The van der Waals surface area contributed by atoms with Gasteiger partial charge in [0, 0.05) is 33.7 Å². The Morgan fingerprint density at radius 2 is 1.77 bits per heavy atom. The van der Waals surface area contributed by atoms with Crippen molar-refractivity contribution in [2.24, 2.45) is 0 Å². The van der Waals surface area contributed by atoms with E-state index in [4.69, 9.17) is 27.7 Å². The third kappa shape index (κ3) is 4.38. The first-order chi connectivity index (χ1) is 16.7. The molecule has 0 amide bonds. The summed E-state index contributed by atoms with van der Waals surface area (Å²) in [5.41, 5.74) is -0.837. The van der Waals surface area contributed by atoms with Crippen LogP contribution in [0.15, 0.2) is 65.6 Å². The topological polar surface area (TPSA) is 86.7 Å². The quantitative estimate of drug-likeness (QED) is 0.262. The van der Waals surface area contributed by atoms with Gasteiger partial charge in [-0.3, -0.25) is 4.79 Å². The highest BCUT2D eigenvalue weighted by Gasteiger charge is 2.42. The first kappa shape index (κ1) is 23.0. The van der Waals surface area contributed by atoms with Crippen LogP contribution in [0.3, 0.4) is 0 Å². The van der Waals surface area contributed by atoms with Crippen molar-refractivity contribution in [2.45, 2.75) is 12.7 Å². The molecule has 0 aliphatic heterocycles. The molecule has 176 valence electrons. The lowest BCUT2D eigenvalue weighted by Gasteiger charge is -2.14. The Labute approximate surface area is 205 Å². The summed E-state index contributed by atoms with van der Waals surface area (Å²) in [6.45, 7) is -0.173. The maximum absolute atomic E-state index is 14.4. The molecule has 7 nitrogen and oxygen atoms in total. The number of rotatable bonds is 5. The van der Waals surface area contributed by atoms with Gasteiger partial charge in [-0.05, 0) is 42.0 Å². The lowest BCUT2D eigenvalue weighted by molar-refractivity contribution is -0.143. The second-order valence-corrected chi connectivity index (χ2v) is 8.32. The summed E-state index contributed by atoms with van der Waals surface area (Å²) < 4.78 is 49.4. The zero-order valence-corrected chi connectivity index (χ0v) is 18.9. The van der Waals surface area contributed by atoms with Crippen molar-refractivity contribution >= 4 is 39.9 Å². The molecular formula is C23H12Cl2F3N5O2. The van der Waals surface area contributed by atoms with Crippen molar-refractivity contribution in [3.8, 4) is 11.5 Å². The molecule has 3 heterocycles. The zero-order valence-electron chi connectivity index (χ0n) is 17.4. The van der Waals surface area contributed by atoms with E-state index in [2.05, 4.69) is 20.1 Å². The van der Waals surface area contributed by atoms with Crippen molar-refractivity contribution < 1.29 is 22.5 Å².